The Morgan fingerprint density at radius 3 is 2.59 bits per heavy atom. The fourth-order valence-corrected chi connectivity index (χ4v) is 2.39. The second-order valence-corrected chi connectivity index (χ2v) is 5.12. The Kier molecular flexibility index (Phi) is 5.77. The van der Waals surface area contributed by atoms with Gasteiger partial charge in [-0.25, -0.2) is 0 Å². The fraction of sp³-hybridized carbons (Fsp3) is 0.500. The third kappa shape index (κ3) is 4.21. The van der Waals surface area contributed by atoms with Gasteiger partial charge in [-0.15, -0.1) is 0 Å². The van der Waals surface area contributed by atoms with Gasteiger partial charge in [-0.1, -0.05) is 12.1 Å². The number of hydrogen-bond donors (Lipinski definition) is 1. The first-order chi connectivity index (χ1) is 10.6. The molecule has 0 aromatic heterocycles. The maximum Gasteiger partial charge on any atom is 0.307 e. The zero-order chi connectivity index (χ0) is 15.9. The Morgan fingerprint density at radius 1 is 1.32 bits per heavy atom. The lowest BCUT2D eigenvalue weighted by Crippen LogP contribution is -2.37. The van der Waals surface area contributed by atoms with E-state index in [-0.39, 0.29) is 18.3 Å². The maximum atomic E-state index is 12.2. The van der Waals surface area contributed by atoms with E-state index in [0.717, 1.165) is 12.0 Å². The normalized spacial score (nSPS) is 18.5. The van der Waals surface area contributed by atoms with Gasteiger partial charge in [0, 0.05) is 6.61 Å². The Labute approximate surface area is 129 Å². The molecule has 1 saturated heterocycles. The predicted molar refractivity (Wildman–Crippen MR) is 79.5 cm³/mol. The van der Waals surface area contributed by atoms with Gasteiger partial charge in [0.05, 0.1) is 26.7 Å². The van der Waals surface area contributed by atoms with Crippen LogP contribution in [0, 0.1) is 0 Å². The Morgan fingerprint density at radius 2 is 2.05 bits per heavy atom. The molecule has 0 bridgehead atoms. The third-order valence-electron chi connectivity index (χ3n) is 3.66. The van der Waals surface area contributed by atoms with Crippen molar-refractivity contribution >= 4 is 11.9 Å². The van der Waals surface area contributed by atoms with Crippen molar-refractivity contribution in [3.05, 3.63) is 29.8 Å². The third-order valence-corrected chi connectivity index (χ3v) is 3.66. The number of amides is 1. The van der Waals surface area contributed by atoms with E-state index in [2.05, 4.69) is 5.32 Å². The topological polar surface area (TPSA) is 73.9 Å². The molecule has 2 rings (SSSR count). The quantitative estimate of drug-likeness (QED) is 0.808. The zero-order valence-electron chi connectivity index (χ0n) is 12.8. The minimum absolute atomic E-state index is 0.0707. The lowest BCUT2D eigenvalue weighted by atomic mass is 10.0. The van der Waals surface area contributed by atoms with E-state index in [1.54, 1.807) is 19.2 Å². The van der Waals surface area contributed by atoms with Crippen molar-refractivity contribution in [1.82, 2.24) is 5.32 Å². The highest BCUT2D eigenvalue weighted by atomic mass is 16.5. The first-order valence-corrected chi connectivity index (χ1v) is 7.26. The minimum atomic E-state index is -0.449. The predicted octanol–water partition coefficient (Wildman–Crippen LogP) is 1.59. The number of benzene rings is 1. The van der Waals surface area contributed by atoms with E-state index in [9.17, 15) is 9.59 Å². The highest BCUT2D eigenvalue weighted by Crippen LogP contribution is 2.22. The largest absolute Gasteiger partial charge is 0.497 e. The molecule has 1 heterocycles. The molecule has 120 valence electrons. The molecule has 1 amide bonds. The summed E-state index contributed by atoms with van der Waals surface area (Å²) in [5.74, 6) is 0.140. The van der Waals surface area contributed by atoms with Crippen molar-refractivity contribution in [3.8, 4) is 5.75 Å². The summed E-state index contributed by atoms with van der Waals surface area (Å²) < 4.78 is 15.2. The van der Waals surface area contributed by atoms with Crippen molar-refractivity contribution in [2.24, 2.45) is 0 Å². The van der Waals surface area contributed by atoms with E-state index in [1.165, 1.54) is 7.11 Å². The van der Waals surface area contributed by atoms with Crippen LogP contribution >= 0.6 is 0 Å². The molecule has 22 heavy (non-hydrogen) atoms. The van der Waals surface area contributed by atoms with Crippen LogP contribution in [0.25, 0.3) is 0 Å². The number of esters is 1. The van der Waals surface area contributed by atoms with Crippen LogP contribution in [-0.4, -0.2) is 38.8 Å². The van der Waals surface area contributed by atoms with Gasteiger partial charge >= 0.3 is 5.97 Å². The second-order valence-electron chi connectivity index (χ2n) is 5.12. The van der Waals surface area contributed by atoms with Crippen molar-refractivity contribution in [3.63, 3.8) is 0 Å². The molecular weight excluding hydrogens is 286 g/mol. The van der Waals surface area contributed by atoms with E-state index in [1.807, 2.05) is 12.1 Å². The zero-order valence-corrected chi connectivity index (χ0v) is 12.8. The molecule has 1 aliphatic rings. The van der Waals surface area contributed by atoms with Crippen LogP contribution in [0.3, 0.4) is 0 Å². The summed E-state index contributed by atoms with van der Waals surface area (Å²) in [7, 11) is 2.91. The number of methoxy groups -OCH3 is 2. The SMILES string of the molecule is COC(=O)CC(NC(=O)C1CCCO1)c1ccc(OC)cc1. The molecule has 1 aromatic carbocycles. The number of carbonyl (C=O) groups excluding carboxylic acids is 2. The average Bonchev–Trinajstić information content (AvgIpc) is 3.08. The maximum absolute atomic E-state index is 12.2. The molecule has 2 atom stereocenters. The highest BCUT2D eigenvalue weighted by Gasteiger charge is 2.27. The minimum Gasteiger partial charge on any atom is -0.497 e. The lowest BCUT2D eigenvalue weighted by molar-refractivity contribution is -0.141. The molecule has 1 fully saturated rings. The van der Waals surface area contributed by atoms with Crippen LogP contribution in [0.2, 0.25) is 0 Å². The van der Waals surface area contributed by atoms with Gasteiger partial charge in [-0.05, 0) is 30.5 Å². The summed E-state index contributed by atoms with van der Waals surface area (Å²) >= 11 is 0. The summed E-state index contributed by atoms with van der Waals surface area (Å²) in [6.07, 6.45) is 1.22. The van der Waals surface area contributed by atoms with Crippen LogP contribution in [0.4, 0.5) is 0 Å². The standard InChI is InChI=1S/C16H21NO5/c1-20-12-7-5-11(6-8-12)13(10-15(18)21-2)17-16(19)14-4-3-9-22-14/h5-8,13-14H,3-4,9-10H2,1-2H3,(H,17,19). The molecule has 2 unspecified atom stereocenters. The van der Waals surface area contributed by atoms with Crippen molar-refractivity contribution in [2.45, 2.75) is 31.4 Å². The average molecular weight is 307 g/mol. The van der Waals surface area contributed by atoms with E-state index < -0.39 is 12.1 Å². The Hall–Kier alpha value is -2.08. The van der Waals surface area contributed by atoms with E-state index >= 15 is 0 Å². The molecule has 0 radical (unpaired) electrons. The molecule has 6 heteroatoms. The molecule has 0 spiro atoms. The van der Waals surface area contributed by atoms with Gasteiger partial charge in [-0.3, -0.25) is 9.59 Å². The van der Waals surface area contributed by atoms with E-state index in [4.69, 9.17) is 14.2 Å². The Balaban J connectivity index is 2.10. The Bertz CT molecular complexity index is 508. The van der Waals surface area contributed by atoms with Crippen LogP contribution in [0.5, 0.6) is 5.75 Å². The lowest BCUT2D eigenvalue weighted by Gasteiger charge is -2.20. The van der Waals surface area contributed by atoms with Gasteiger partial charge in [0.25, 0.3) is 0 Å². The second kappa shape index (κ2) is 7.79. The molecule has 1 aromatic rings. The number of hydrogen-bond acceptors (Lipinski definition) is 5. The fourth-order valence-electron chi connectivity index (χ4n) is 2.39. The van der Waals surface area contributed by atoms with Crippen molar-refractivity contribution < 1.29 is 23.8 Å². The van der Waals surface area contributed by atoms with Crippen LogP contribution in [-0.2, 0) is 19.1 Å². The monoisotopic (exact) mass is 307 g/mol. The molecular formula is C16H21NO5. The number of ether oxygens (including phenoxy) is 3. The van der Waals surface area contributed by atoms with Crippen molar-refractivity contribution in [1.29, 1.82) is 0 Å². The highest BCUT2D eigenvalue weighted by molar-refractivity contribution is 5.82. The summed E-state index contributed by atoms with van der Waals surface area (Å²) in [5.41, 5.74) is 0.817. The number of nitrogens with one attached hydrogen (secondary N) is 1. The molecule has 1 aliphatic heterocycles. The molecule has 0 aliphatic carbocycles. The van der Waals surface area contributed by atoms with Gasteiger partial charge in [-0.2, -0.15) is 0 Å². The first-order valence-electron chi connectivity index (χ1n) is 7.26. The van der Waals surface area contributed by atoms with E-state index in [0.29, 0.717) is 18.8 Å². The van der Waals surface area contributed by atoms with Gasteiger partial charge < -0.3 is 19.5 Å². The van der Waals surface area contributed by atoms with Crippen LogP contribution in [0.15, 0.2) is 24.3 Å². The first kappa shape index (κ1) is 16.3. The summed E-state index contributed by atoms with van der Waals surface area (Å²) in [6.45, 7) is 0.599. The summed E-state index contributed by atoms with van der Waals surface area (Å²) in [4.78, 5) is 23.8. The molecule has 1 N–H and O–H groups in total. The summed E-state index contributed by atoms with van der Waals surface area (Å²) in [5, 5.41) is 2.87. The molecule has 0 saturated carbocycles. The number of rotatable bonds is 6. The van der Waals surface area contributed by atoms with Gasteiger partial charge in [0.1, 0.15) is 11.9 Å². The molecule has 6 nitrogen and oxygen atoms in total. The van der Waals surface area contributed by atoms with Crippen LogP contribution in [0.1, 0.15) is 30.9 Å². The van der Waals surface area contributed by atoms with Crippen molar-refractivity contribution in [2.75, 3.05) is 20.8 Å². The van der Waals surface area contributed by atoms with Gasteiger partial charge in [0.15, 0.2) is 0 Å². The number of carbonyl (C=O) groups is 2. The smallest absolute Gasteiger partial charge is 0.307 e. The summed E-state index contributed by atoms with van der Waals surface area (Å²) in [6, 6.07) is 6.77. The van der Waals surface area contributed by atoms with Crippen LogP contribution < -0.4 is 10.1 Å². The van der Waals surface area contributed by atoms with Gasteiger partial charge in [0.2, 0.25) is 5.91 Å².